The molecule has 1 aromatic heterocycles. The number of hydrogen-bond donors (Lipinski definition) is 1. The quantitative estimate of drug-likeness (QED) is 0.894. The summed E-state index contributed by atoms with van der Waals surface area (Å²) in [7, 11) is 0. The van der Waals surface area contributed by atoms with Crippen molar-refractivity contribution in [1.29, 1.82) is 5.26 Å². The van der Waals surface area contributed by atoms with Gasteiger partial charge < -0.3 is 15.5 Å². The molecule has 2 amide bonds. The maximum Gasteiger partial charge on any atom is 0.314 e. The van der Waals surface area contributed by atoms with Gasteiger partial charge in [0.15, 0.2) is 0 Å². The molecule has 1 fully saturated rings. The fraction of sp³-hybridized carbons (Fsp3) is 0.533. The molecule has 0 unspecified atom stereocenters. The number of pyridine rings is 1. The van der Waals surface area contributed by atoms with Gasteiger partial charge in [-0.15, -0.1) is 0 Å². The lowest BCUT2D eigenvalue weighted by atomic mass is 9.99. The first-order valence-corrected chi connectivity index (χ1v) is 7.15. The van der Waals surface area contributed by atoms with Crippen molar-refractivity contribution in [3.63, 3.8) is 0 Å². The molecule has 0 radical (unpaired) electrons. The fourth-order valence-corrected chi connectivity index (χ4v) is 2.65. The average molecular weight is 287 g/mol. The standard InChI is InChI=1S/C15H21N5O/c1-10(2)13-8-12(9-16)14(18-11(13)3)19-4-6-20(7-5-19)15(17)21/h8,10H,4-7H2,1-3H3,(H2,17,21). The Labute approximate surface area is 125 Å². The Balaban J connectivity index is 2.27. The molecular weight excluding hydrogens is 266 g/mol. The van der Waals surface area contributed by atoms with E-state index in [9.17, 15) is 10.1 Å². The van der Waals surface area contributed by atoms with Crippen molar-refractivity contribution < 1.29 is 4.79 Å². The van der Waals surface area contributed by atoms with Crippen LogP contribution in [0.3, 0.4) is 0 Å². The van der Waals surface area contributed by atoms with E-state index in [0.29, 0.717) is 43.5 Å². The number of amides is 2. The average Bonchev–Trinajstić information content (AvgIpc) is 2.46. The SMILES string of the molecule is Cc1nc(N2CCN(C(N)=O)CC2)c(C#N)cc1C(C)C. The van der Waals surface area contributed by atoms with E-state index in [1.54, 1.807) is 4.90 Å². The Morgan fingerprint density at radius 2 is 2.00 bits per heavy atom. The van der Waals surface area contributed by atoms with E-state index in [-0.39, 0.29) is 0 Å². The molecule has 112 valence electrons. The molecule has 0 bridgehead atoms. The first-order valence-electron chi connectivity index (χ1n) is 7.15. The van der Waals surface area contributed by atoms with Crippen LogP contribution in [-0.4, -0.2) is 42.1 Å². The van der Waals surface area contributed by atoms with Gasteiger partial charge in [-0.05, 0) is 24.5 Å². The Morgan fingerprint density at radius 3 is 2.48 bits per heavy atom. The van der Waals surface area contributed by atoms with Gasteiger partial charge in [0.2, 0.25) is 0 Å². The normalized spacial score (nSPS) is 15.2. The van der Waals surface area contributed by atoms with E-state index >= 15 is 0 Å². The maximum atomic E-state index is 11.2. The van der Waals surface area contributed by atoms with Gasteiger partial charge in [0.25, 0.3) is 0 Å². The summed E-state index contributed by atoms with van der Waals surface area (Å²) in [4.78, 5) is 19.4. The summed E-state index contributed by atoms with van der Waals surface area (Å²) >= 11 is 0. The van der Waals surface area contributed by atoms with Crippen molar-refractivity contribution in [2.75, 3.05) is 31.1 Å². The van der Waals surface area contributed by atoms with Gasteiger partial charge in [0, 0.05) is 31.9 Å². The fourth-order valence-electron chi connectivity index (χ4n) is 2.65. The van der Waals surface area contributed by atoms with E-state index in [2.05, 4.69) is 29.8 Å². The predicted molar refractivity (Wildman–Crippen MR) is 81.1 cm³/mol. The monoisotopic (exact) mass is 287 g/mol. The highest BCUT2D eigenvalue weighted by Crippen LogP contribution is 2.26. The highest BCUT2D eigenvalue weighted by atomic mass is 16.2. The number of nitrogens with two attached hydrogens (primary N) is 1. The first kappa shape index (κ1) is 15.1. The third kappa shape index (κ3) is 3.07. The lowest BCUT2D eigenvalue weighted by Gasteiger charge is -2.35. The Bertz CT molecular complexity index is 582. The third-order valence-corrected chi connectivity index (χ3v) is 3.87. The van der Waals surface area contributed by atoms with Crippen LogP contribution in [0.15, 0.2) is 6.07 Å². The number of primary amides is 1. The molecule has 0 aromatic carbocycles. The largest absolute Gasteiger partial charge is 0.352 e. The van der Waals surface area contributed by atoms with Gasteiger partial charge in [-0.1, -0.05) is 13.8 Å². The van der Waals surface area contributed by atoms with E-state index < -0.39 is 6.03 Å². The van der Waals surface area contributed by atoms with Crippen LogP contribution in [0.4, 0.5) is 10.6 Å². The van der Waals surface area contributed by atoms with E-state index in [4.69, 9.17) is 5.73 Å². The molecule has 1 saturated heterocycles. The number of urea groups is 1. The summed E-state index contributed by atoms with van der Waals surface area (Å²) in [6, 6.07) is 3.78. The maximum absolute atomic E-state index is 11.2. The number of nitrogens with zero attached hydrogens (tertiary/aromatic N) is 4. The molecule has 6 nitrogen and oxygen atoms in total. The molecule has 0 spiro atoms. The molecular formula is C15H21N5O. The minimum Gasteiger partial charge on any atom is -0.352 e. The third-order valence-electron chi connectivity index (χ3n) is 3.87. The number of aromatic nitrogens is 1. The van der Waals surface area contributed by atoms with Crippen LogP contribution in [0.1, 0.15) is 36.6 Å². The second kappa shape index (κ2) is 6.00. The molecule has 1 aromatic rings. The summed E-state index contributed by atoms with van der Waals surface area (Å²) in [5.41, 5.74) is 7.94. The van der Waals surface area contributed by atoms with Crippen LogP contribution < -0.4 is 10.6 Å². The van der Waals surface area contributed by atoms with Gasteiger partial charge >= 0.3 is 6.03 Å². The van der Waals surface area contributed by atoms with Crippen molar-refractivity contribution in [3.8, 4) is 6.07 Å². The van der Waals surface area contributed by atoms with E-state index in [0.717, 1.165) is 11.3 Å². The van der Waals surface area contributed by atoms with Crippen molar-refractivity contribution in [3.05, 3.63) is 22.9 Å². The van der Waals surface area contributed by atoms with Gasteiger partial charge in [0.05, 0.1) is 5.56 Å². The number of rotatable bonds is 2. The number of carbonyl (C=O) groups excluding carboxylic acids is 1. The van der Waals surface area contributed by atoms with Crippen molar-refractivity contribution >= 4 is 11.8 Å². The lowest BCUT2D eigenvalue weighted by molar-refractivity contribution is 0.204. The molecule has 2 heterocycles. The van der Waals surface area contributed by atoms with Crippen LogP contribution >= 0.6 is 0 Å². The number of carbonyl (C=O) groups is 1. The van der Waals surface area contributed by atoms with E-state index in [1.165, 1.54) is 0 Å². The van der Waals surface area contributed by atoms with Crippen LogP contribution in [0.25, 0.3) is 0 Å². The minimum atomic E-state index is -0.394. The number of nitriles is 1. The van der Waals surface area contributed by atoms with Crippen LogP contribution in [-0.2, 0) is 0 Å². The van der Waals surface area contributed by atoms with Gasteiger partial charge in [-0.3, -0.25) is 0 Å². The Morgan fingerprint density at radius 1 is 1.38 bits per heavy atom. The summed E-state index contributed by atoms with van der Waals surface area (Å²) < 4.78 is 0. The molecule has 0 saturated carbocycles. The molecule has 1 aliphatic rings. The molecule has 0 aliphatic carbocycles. The zero-order valence-corrected chi connectivity index (χ0v) is 12.8. The summed E-state index contributed by atoms with van der Waals surface area (Å²) in [5.74, 6) is 1.05. The van der Waals surface area contributed by atoms with E-state index in [1.807, 2.05) is 13.0 Å². The second-order valence-electron chi connectivity index (χ2n) is 5.61. The number of hydrogen-bond acceptors (Lipinski definition) is 4. The highest BCUT2D eigenvalue weighted by molar-refractivity contribution is 5.72. The molecule has 2 rings (SSSR count). The van der Waals surface area contributed by atoms with Crippen LogP contribution in [0, 0.1) is 18.3 Å². The molecule has 0 atom stereocenters. The molecule has 1 aliphatic heterocycles. The van der Waals surface area contributed by atoms with Crippen LogP contribution in [0.5, 0.6) is 0 Å². The van der Waals surface area contributed by atoms with Crippen molar-refractivity contribution in [2.24, 2.45) is 5.73 Å². The highest BCUT2D eigenvalue weighted by Gasteiger charge is 2.23. The zero-order chi connectivity index (χ0) is 15.6. The van der Waals surface area contributed by atoms with Crippen molar-refractivity contribution in [1.82, 2.24) is 9.88 Å². The Hall–Kier alpha value is -2.29. The Kier molecular flexibility index (Phi) is 4.32. The smallest absolute Gasteiger partial charge is 0.314 e. The van der Waals surface area contributed by atoms with Gasteiger partial charge in [-0.2, -0.15) is 5.26 Å². The van der Waals surface area contributed by atoms with Crippen molar-refractivity contribution in [2.45, 2.75) is 26.7 Å². The summed E-state index contributed by atoms with van der Waals surface area (Å²) in [6.07, 6.45) is 0. The topological polar surface area (TPSA) is 86.2 Å². The first-order chi connectivity index (χ1) is 9.93. The lowest BCUT2D eigenvalue weighted by Crippen LogP contribution is -2.51. The molecule has 2 N–H and O–H groups in total. The number of piperazine rings is 1. The summed E-state index contributed by atoms with van der Waals surface area (Å²) in [6.45, 7) is 8.57. The molecule has 6 heteroatoms. The van der Waals surface area contributed by atoms with Crippen LogP contribution in [0.2, 0.25) is 0 Å². The summed E-state index contributed by atoms with van der Waals surface area (Å²) in [5, 5.41) is 9.39. The zero-order valence-electron chi connectivity index (χ0n) is 12.8. The number of aryl methyl sites for hydroxylation is 1. The number of anilines is 1. The van der Waals surface area contributed by atoms with Gasteiger partial charge in [-0.25, -0.2) is 9.78 Å². The molecule has 21 heavy (non-hydrogen) atoms. The predicted octanol–water partition coefficient (Wildman–Crippen LogP) is 1.59. The second-order valence-corrected chi connectivity index (χ2v) is 5.61. The van der Waals surface area contributed by atoms with Gasteiger partial charge in [0.1, 0.15) is 11.9 Å². The minimum absolute atomic E-state index is 0.338.